The van der Waals surface area contributed by atoms with Crippen LogP contribution in [0.3, 0.4) is 0 Å². The second-order valence-electron chi connectivity index (χ2n) is 4.74. The van der Waals surface area contributed by atoms with Gasteiger partial charge in [-0.3, -0.25) is 4.79 Å². The highest BCUT2D eigenvalue weighted by atomic mass is 32.2. The Morgan fingerprint density at radius 2 is 1.94 bits per heavy atom. The summed E-state index contributed by atoms with van der Waals surface area (Å²) in [5.41, 5.74) is -0.208. The maximum Gasteiger partial charge on any atom is 0.235 e. The van der Waals surface area contributed by atoms with Gasteiger partial charge in [-0.1, -0.05) is 12.8 Å². The van der Waals surface area contributed by atoms with Crippen LogP contribution in [0.1, 0.15) is 25.7 Å². The van der Waals surface area contributed by atoms with E-state index in [0.717, 1.165) is 31.9 Å². The molecule has 0 spiro atoms. The van der Waals surface area contributed by atoms with E-state index >= 15 is 0 Å². The van der Waals surface area contributed by atoms with Crippen LogP contribution in [0.15, 0.2) is 0 Å². The molecule has 0 aromatic rings. The highest BCUT2D eigenvalue weighted by Crippen LogP contribution is 2.36. The van der Waals surface area contributed by atoms with Crippen LogP contribution < -0.4 is 10.0 Å². The van der Waals surface area contributed by atoms with Crippen molar-refractivity contribution in [3.8, 4) is 0 Å². The number of aliphatic hydroxyl groups is 1. The number of nitrogens with one attached hydrogen (secondary N) is 2. The monoisotopic (exact) mass is 264 g/mol. The highest BCUT2D eigenvalue weighted by Gasteiger charge is 2.33. The van der Waals surface area contributed by atoms with E-state index in [-0.39, 0.29) is 24.5 Å². The second kappa shape index (κ2) is 5.79. The van der Waals surface area contributed by atoms with Crippen LogP contribution in [0.25, 0.3) is 0 Å². The van der Waals surface area contributed by atoms with Crippen molar-refractivity contribution in [2.24, 2.45) is 5.41 Å². The van der Waals surface area contributed by atoms with Crippen molar-refractivity contribution in [3.63, 3.8) is 0 Å². The van der Waals surface area contributed by atoms with Crippen molar-refractivity contribution in [1.82, 2.24) is 10.0 Å². The van der Waals surface area contributed by atoms with Crippen molar-refractivity contribution < 1.29 is 18.3 Å². The standard InChI is InChI=1S/C10H20N2O4S/c1-17(15,16)12-6-9(14)11-7-10(8-13)4-2-3-5-10/h12-13H,2-8H2,1H3,(H,11,14). The lowest BCUT2D eigenvalue weighted by Crippen LogP contribution is -2.42. The predicted octanol–water partition coefficient (Wildman–Crippen LogP) is -0.796. The maximum absolute atomic E-state index is 11.4. The average Bonchev–Trinajstić information content (AvgIpc) is 2.72. The molecule has 0 aliphatic heterocycles. The van der Waals surface area contributed by atoms with Gasteiger partial charge in [-0.25, -0.2) is 13.1 Å². The first-order chi connectivity index (χ1) is 7.87. The molecule has 100 valence electrons. The van der Waals surface area contributed by atoms with Crippen molar-refractivity contribution in [3.05, 3.63) is 0 Å². The second-order valence-corrected chi connectivity index (χ2v) is 6.57. The fraction of sp³-hybridized carbons (Fsp3) is 0.900. The summed E-state index contributed by atoms with van der Waals surface area (Å²) in [4.78, 5) is 11.4. The van der Waals surface area contributed by atoms with Gasteiger partial charge in [-0.05, 0) is 12.8 Å². The van der Waals surface area contributed by atoms with E-state index in [1.54, 1.807) is 0 Å². The van der Waals surface area contributed by atoms with E-state index < -0.39 is 10.0 Å². The summed E-state index contributed by atoms with van der Waals surface area (Å²) >= 11 is 0. The molecule has 1 fully saturated rings. The summed E-state index contributed by atoms with van der Waals surface area (Å²) in [6, 6.07) is 0. The van der Waals surface area contributed by atoms with E-state index in [9.17, 15) is 18.3 Å². The van der Waals surface area contributed by atoms with Crippen LogP contribution in [0.2, 0.25) is 0 Å². The summed E-state index contributed by atoms with van der Waals surface area (Å²) in [7, 11) is -3.34. The maximum atomic E-state index is 11.4. The van der Waals surface area contributed by atoms with Crippen molar-refractivity contribution in [2.75, 3.05) is 26.0 Å². The Hall–Kier alpha value is -0.660. The first-order valence-corrected chi connectivity index (χ1v) is 7.58. The zero-order valence-electron chi connectivity index (χ0n) is 10.0. The Kier molecular flexibility index (Phi) is 4.91. The molecular formula is C10H20N2O4S. The fourth-order valence-electron chi connectivity index (χ4n) is 2.06. The smallest absolute Gasteiger partial charge is 0.235 e. The molecular weight excluding hydrogens is 244 g/mol. The van der Waals surface area contributed by atoms with Crippen molar-refractivity contribution in [1.29, 1.82) is 0 Å². The lowest BCUT2D eigenvalue weighted by molar-refractivity contribution is -0.120. The van der Waals surface area contributed by atoms with Gasteiger partial charge in [0, 0.05) is 12.0 Å². The average molecular weight is 264 g/mol. The minimum absolute atomic E-state index is 0.0623. The number of carbonyl (C=O) groups is 1. The van der Waals surface area contributed by atoms with Crippen LogP contribution in [-0.4, -0.2) is 45.4 Å². The molecule has 1 saturated carbocycles. The Balaban J connectivity index is 2.32. The minimum Gasteiger partial charge on any atom is -0.396 e. The lowest BCUT2D eigenvalue weighted by atomic mass is 9.87. The zero-order chi connectivity index (χ0) is 12.9. The number of hydrogen-bond donors (Lipinski definition) is 3. The molecule has 0 aromatic heterocycles. The lowest BCUT2D eigenvalue weighted by Gasteiger charge is -2.26. The fourth-order valence-corrected chi connectivity index (χ4v) is 2.45. The number of hydrogen-bond acceptors (Lipinski definition) is 4. The van der Waals surface area contributed by atoms with Gasteiger partial charge >= 0.3 is 0 Å². The molecule has 0 unspecified atom stereocenters. The van der Waals surface area contributed by atoms with E-state index in [2.05, 4.69) is 10.0 Å². The van der Waals surface area contributed by atoms with E-state index in [4.69, 9.17) is 0 Å². The summed E-state index contributed by atoms with van der Waals surface area (Å²) in [5, 5.41) is 12.0. The SMILES string of the molecule is CS(=O)(=O)NCC(=O)NCC1(CO)CCCC1. The number of aliphatic hydroxyl groups excluding tert-OH is 1. The van der Waals surface area contributed by atoms with Crippen LogP contribution >= 0.6 is 0 Å². The van der Waals surface area contributed by atoms with E-state index in [1.165, 1.54) is 0 Å². The summed E-state index contributed by atoms with van der Waals surface area (Å²) in [6.45, 7) is 0.223. The quantitative estimate of drug-likeness (QED) is 0.585. The first kappa shape index (κ1) is 14.4. The molecule has 3 N–H and O–H groups in total. The molecule has 0 atom stereocenters. The van der Waals surface area contributed by atoms with Crippen molar-refractivity contribution in [2.45, 2.75) is 25.7 Å². The topological polar surface area (TPSA) is 95.5 Å². The molecule has 0 saturated heterocycles. The van der Waals surface area contributed by atoms with Crippen LogP contribution in [0.4, 0.5) is 0 Å². The number of rotatable bonds is 6. The molecule has 0 aromatic carbocycles. The zero-order valence-corrected chi connectivity index (χ0v) is 10.8. The van der Waals surface area contributed by atoms with Gasteiger partial charge in [0.05, 0.1) is 19.4 Å². The van der Waals surface area contributed by atoms with Crippen LogP contribution in [-0.2, 0) is 14.8 Å². The van der Waals surface area contributed by atoms with Gasteiger partial charge in [0.15, 0.2) is 0 Å². The minimum atomic E-state index is -3.34. The Morgan fingerprint density at radius 1 is 1.35 bits per heavy atom. The Bertz CT molecular complexity index is 361. The van der Waals surface area contributed by atoms with Gasteiger partial charge in [-0.2, -0.15) is 0 Å². The third-order valence-corrected chi connectivity index (χ3v) is 3.82. The molecule has 1 amide bonds. The number of amides is 1. The molecule has 0 bridgehead atoms. The first-order valence-electron chi connectivity index (χ1n) is 5.69. The molecule has 6 nitrogen and oxygen atoms in total. The van der Waals surface area contributed by atoms with Crippen LogP contribution in [0.5, 0.6) is 0 Å². The van der Waals surface area contributed by atoms with Crippen molar-refractivity contribution >= 4 is 15.9 Å². The molecule has 1 rings (SSSR count). The highest BCUT2D eigenvalue weighted by molar-refractivity contribution is 7.88. The van der Waals surface area contributed by atoms with E-state index in [1.807, 2.05) is 0 Å². The molecule has 0 radical (unpaired) electrons. The summed E-state index contributed by atoms with van der Waals surface area (Å²) in [5.74, 6) is -0.366. The van der Waals surface area contributed by atoms with Gasteiger partial charge in [0.1, 0.15) is 0 Å². The predicted molar refractivity (Wildman–Crippen MR) is 63.8 cm³/mol. The van der Waals surface area contributed by atoms with Gasteiger partial charge in [0.25, 0.3) is 0 Å². The van der Waals surface area contributed by atoms with Gasteiger partial charge in [-0.15, -0.1) is 0 Å². The number of sulfonamides is 1. The van der Waals surface area contributed by atoms with Gasteiger partial charge in [0.2, 0.25) is 15.9 Å². The molecule has 0 heterocycles. The molecule has 1 aliphatic rings. The summed E-state index contributed by atoms with van der Waals surface area (Å²) < 4.78 is 23.7. The normalized spacial score (nSPS) is 19.2. The molecule has 7 heteroatoms. The summed E-state index contributed by atoms with van der Waals surface area (Å²) in [6.07, 6.45) is 4.95. The third-order valence-electron chi connectivity index (χ3n) is 3.16. The third kappa shape index (κ3) is 5.01. The molecule has 1 aliphatic carbocycles. The number of carbonyl (C=O) groups excluding carboxylic acids is 1. The Morgan fingerprint density at radius 3 is 2.41 bits per heavy atom. The van der Waals surface area contributed by atoms with E-state index in [0.29, 0.717) is 6.54 Å². The van der Waals surface area contributed by atoms with Gasteiger partial charge < -0.3 is 10.4 Å². The Labute approximate surface area is 102 Å². The van der Waals surface area contributed by atoms with Crippen LogP contribution in [0, 0.1) is 5.41 Å². The largest absolute Gasteiger partial charge is 0.396 e. The molecule has 17 heavy (non-hydrogen) atoms.